The number of carbonyl (C=O) groups excluding carboxylic acids is 1. The average molecular weight is 286 g/mol. The third-order valence-electron chi connectivity index (χ3n) is 2.72. The first-order valence-corrected chi connectivity index (χ1v) is 6.81. The van der Waals surface area contributed by atoms with Gasteiger partial charge in [-0.05, 0) is 31.2 Å². The highest BCUT2D eigenvalue weighted by atomic mass is 16.5. The predicted molar refractivity (Wildman–Crippen MR) is 80.6 cm³/mol. The first-order chi connectivity index (χ1) is 10.3. The molecule has 0 saturated carbocycles. The van der Waals surface area contributed by atoms with E-state index in [1.807, 2.05) is 25.1 Å². The van der Waals surface area contributed by atoms with Crippen LogP contribution >= 0.6 is 0 Å². The number of anilines is 1. The van der Waals surface area contributed by atoms with Gasteiger partial charge in [0.05, 0.1) is 12.2 Å². The van der Waals surface area contributed by atoms with Crippen LogP contribution in [-0.2, 0) is 4.74 Å². The lowest BCUT2D eigenvalue weighted by Crippen LogP contribution is -2.12. The molecule has 5 heteroatoms. The molecule has 2 rings (SSSR count). The van der Waals surface area contributed by atoms with E-state index in [0.717, 1.165) is 0 Å². The van der Waals surface area contributed by atoms with Gasteiger partial charge in [0.15, 0.2) is 0 Å². The van der Waals surface area contributed by atoms with Gasteiger partial charge in [-0.1, -0.05) is 6.07 Å². The fraction of sp³-hybridized carbons (Fsp3) is 0.250. The van der Waals surface area contributed by atoms with Gasteiger partial charge in [-0.15, -0.1) is 0 Å². The van der Waals surface area contributed by atoms with E-state index < -0.39 is 0 Å². The van der Waals surface area contributed by atoms with Crippen LogP contribution in [0.5, 0.6) is 5.75 Å². The van der Waals surface area contributed by atoms with Gasteiger partial charge in [0.1, 0.15) is 12.4 Å². The van der Waals surface area contributed by atoms with Crippen LogP contribution in [0.2, 0.25) is 0 Å². The SMILES string of the molecule is CCOCCOc1cccc(NC(=O)c2cccnc2)c1. The molecule has 0 spiro atoms. The maximum absolute atomic E-state index is 12.0. The molecule has 0 saturated heterocycles. The van der Waals surface area contributed by atoms with Crippen molar-refractivity contribution in [3.63, 3.8) is 0 Å². The standard InChI is InChI=1S/C16H18N2O3/c1-2-20-9-10-21-15-7-3-6-14(11-15)18-16(19)13-5-4-8-17-12-13/h3-8,11-12H,2,9-10H2,1H3,(H,18,19). The maximum Gasteiger partial charge on any atom is 0.257 e. The molecule has 0 aliphatic heterocycles. The van der Waals surface area contributed by atoms with E-state index in [1.165, 1.54) is 6.20 Å². The summed E-state index contributed by atoms with van der Waals surface area (Å²) in [6.07, 6.45) is 3.15. The first kappa shape index (κ1) is 15.0. The molecule has 0 unspecified atom stereocenters. The zero-order chi connectivity index (χ0) is 14.9. The van der Waals surface area contributed by atoms with Gasteiger partial charge < -0.3 is 14.8 Å². The minimum atomic E-state index is -0.199. The maximum atomic E-state index is 12.0. The highest BCUT2D eigenvalue weighted by molar-refractivity contribution is 6.04. The Morgan fingerprint density at radius 2 is 2.14 bits per heavy atom. The molecule has 0 fully saturated rings. The third kappa shape index (κ3) is 4.89. The molecule has 1 aromatic heterocycles. The second-order valence-electron chi connectivity index (χ2n) is 4.27. The minimum Gasteiger partial charge on any atom is -0.491 e. The average Bonchev–Trinajstić information content (AvgIpc) is 2.53. The minimum absolute atomic E-state index is 0.199. The van der Waals surface area contributed by atoms with Crippen LogP contribution in [0.15, 0.2) is 48.8 Å². The molecule has 1 amide bonds. The van der Waals surface area contributed by atoms with Crippen LogP contribution in [0.4, 0.5) is 5.69 Å². The van der Waals surface area contributed by atoms with Crippen molar-refractivity contribution in [3.8, 4) is 5.75 Å². The number of hydrogen-bond donors (Lipinski definition) is 1. The van der Waals surface area contributed by atoms with E-state index in [1.54, 1.807) is 24.4 Å². The number of nitrogens with zero attached hydrogens (tertiary/aromatic N) is 1. The predicted octanol–water partition coefficient (Wildman–Crippen LogP) is 2.75. The van der Waals surface area contributed by atoms with Gasteiger partial charge in [0.25, 0.3) is 5.91 Å². The van der Waals surface area contributed by atoms with Crippen molar-refractivity contribution in [1.82, 2.24) is 4.98 Å². The summed E-state index contributed by atoms with van der Waals surface area (Å²) in [4.78, 5) is 15.9. The van der Waals surface area contributed by atoms with Crippen molar-refractivity contribution in [3.05, 3.63) is 54.4 Å². The quantitative estimate of drug-likeness (QED) is 0.795. The number of benzene rings is 1. The molecule has 5 nitrogen and oxygen atoms in total. The summed E-state index contributed by atoms with van der Waals surface area (Å²) in [6.45, 7) is 3.63. The molecule has 0 atom stereocenters. The smallest absolute Gasteiger partial charge is 0.257 e. The summed E-state index contributed by atoms with van der Waals surface area (Å²) in [5.41, 5.74) is 1.19. The van der Waals surface area contributed by atoms with E-state index >= 15 is 0 Å². The zero-order valence-corrected chi connectivity index (χ0v) is 11.9. The Bertz CT molecular complexity index is 573. The highest BCUT2D eigenvalue weighted by Gasteiger charge is 2.06. The zero-order valence-electron chi connectivity index (χ0n) is 11.9. The number of ether oxygens (including phenoxy) is 2. The van der Waals surface area contributed by atoms with Gasteiger partial charge in [-0.3, -0.25) is 9.78 Å². The van der Waals surface area contributed by atoms with Crippen LogP contribution in [0.3, 0.4) is 0 Å². The number of pyridine rings is 1. The lowest BCUT2D eigenvalue weighted by molar-refractivity contribution is 0.102. The van der Waals surface area contributed by atoms with Crippen molar-refractivity contribution in [2.75, 3.05) is 25.1 Å². The van der Waals surface area contributed by atoms with Gasteiger partial charge >= 0.3 is 0 Å². The number of aromatic nitrogens is 1. The van der Waals surface area contributed by atoms with Crippen LogP contribution in [0.1, 0.15) is 17.3 Å². The molecule has 1 aromatic carbocycles. The summed E-state index contributed by atoms with van der Waals surface area (Å²) < 4.78 is 10.8. The lowest BCUT2D eigenvalue weighted by Gasteiger charge is -2.09. The molecule has 1 N–H and O–H groups in total. The van der Waals surface area contributed by atoms with Crippen molar-refractivity contribution in [2.45, 2.75) is 6.92 Å². The molecule has 0 bridgehead atoms. The van der Waals surface area contributed by atoms with Crippen LogP contribution in [0, 0.1) is 0 Å². The Hall–Kier alpha value is -2.40. The summed E-state index contributed by atoms with van der Waals surface area (Å²) in [5.74, 6) is 0.494. The fourth-order valence-electron chi connectivity index (χ4n) is 1.73. The van der Waals surface area contributed by atoms with Gasteiger partial charge in [-0.2, -0.15) is 0 Å². The monoisotopic (exact) mass is 286 g/mol. The van der Waals surface area contributed by atoms with E-state index in [-0.39, 0.29) is 5.91 Å². The second kappa shape index (κ2) is 8.01. The second-order valence-corrected chi connectivity index (χ2v) is 4.27. The van der Waals surface area contributed by atoms with Crippen molar-refractivity contribution in [1.29, 1.82) is 0 Å². The molecule has 110 valence electrons. The van der Waals surface area contributed by atoms with Gasteiger partial charge in [0, 0.05) is 30.8 Å². The molecule has 0 radical (unpaired) electrons. The van der Waals surface area contributed by atoms with E-state index in [4.69, 9.17) is 9.47 Å². The van der Waals surface area contributed by atoms with E-state index in [0.29, 0.717) is 36.8 Å². The summed E-state index contributed by atoms with van der Waals surface area (Å²) >= 11 is 0. The highest BCUT2D eigenvalue weighted by Crippen LogP contribution is 2.18. The molecule has 0 aliphatic carbocycles. The number of amides is 1. The Labute approximate surface area is 123 Å². The Kier molecular flexibility index (Phi) is 5.72. The molecule has 2 aromatic rings. The molecular formula is C16H18N2O3. The van der Waals surface area contributed by atoms with Gasteiger partial charge in [0.2, 0.25) is 0 Å². The lowest BCUT2D eigenvalue weighted by atomic mass is 10.2. The Morgan fingerprint density at radius 1 is 1.24 bits per heavy atom. The van der Waals surface area contributed by atoms with Crippen LogP contribution in [0.25, 0.3) is 0 Å². The molecule has 0 aliphatic rings. The van der Waals surface area contributed by atoms with E-state index in [2.05, 4.69) is 10.3 Å². The van der Waals surface area contributed by atoms with Crippen LogP contribution in [-0.4, -0.2) is 30.7 Å². The van der Waals surface area contributed by atoms with Crippen LogP contribution < -0.4 is 10.1 Å². The largest absolute Gasteiger partial charge is 0.491 e. The number of hydrogen-bond acceptors (Lipinski definition) is 4. The van der Waals surface area contributed by atoms with Crippen molar-refractivity contribution < 1.29 is 14.3 Å². The van der Waals surface area contributed by atoms with Crippen molar-refractivity contribution in [2.24, 2.45) is 0 Å². The molecule has 21 heavy (non-hydrogen) atoms. The third-order valence-corrected chi connectivity index (χ3v) is 2.72. The number of carbonyl (C=O) groups is 1. The number of nitrogens with one attached hydrogen (secondary N) is 1. The van der Waals surface area contributed by atoms with Gasteiger partial charge in [-0.25, -0.2) is 0 Å². The molecule has 1 heterocycles. The number of rotatable bonds is 7. The summed E-state index contributed by atoms with van der Waals surface area (Å²) in [5, 5.41) is 2.81. The topological polar surface area (TPSA) is 60.5 Å². The molecular weight excluding hydrogens is 268 g/mol. The van der Waals surface area contributed by atoms with E-state index in [9.17, 15) is 4.79 Å². The first-order valence-electron chi connectivity index (χ1n) is 6.81. The normalized spacial score (nSPS) is 10.1. The fourth-order valence-corrected chi connectivity index (χ4v) is 1.73. The van der Waals surface area contributed by atoms with Crippen molar-refractivity contribution >= 4 is 11.6 Å². The Morgan fingerprint density at radius 3 is 2.90 bits per heavy atom. The summed E-state index contributed by atoms with van der Waals surface area (Å²) in [7, 11) is 0. The summed E-state index contributed by atoms with van der Waals surface area (Å²) in [6, 6.07) is 10.7. The Balaban J connectivity index is 1.93.